The van der Waals surface area contributed by atoms with E-state index in [0.717, 1.165) is 56.2 Å². The van der Waals surface area contributed by atoms with E-state index in [-0.39, 0.29) is 31.4 Å². The van der Waals surface area contributed by atoms with Gasteiger partial charge in [0.15, 0.2) is 0 Å². The van der Waals surface area contributed by atoms with Crippen molar-refractivity contribution in [2.45, 2.75) is 95.3 Å². The summed E-state index contributed by atoms with van der Waals surface area (Å²) in [5, 5.41) is 9.05. The number of aromatic nitrogens is 1. The fourth-order valence-corrected chi connectivity index (χ4v) is 7.42. The van der Waals surface area contributed by atoms with Crippen molar-refractivity contribution in [3.63, 3.8) is 0 Å². The number of hydrogen-bond donors (Lipinski definition) is 2. The van der Waals surface area contributed by atoms with Crippen LogP contribution >= 0.6 is 11.3 Å². The third kappa shape index (κ3) is 8.02. The molecule has 0 unspecified atom stereocenters. The largest absolute Gasteiger partial charge is 0.415 e. The van der Waals surface area contributed by atoms with Gasteiger partial charge in [0.25, 0.3) is 0 Å². The van der Waals surface area contributed by atoms with Crippen molar-refractivity contribution in [1.29, 1.82) is 0 Å². The molecule has 9 nitrogen and oxygen atoms in total. The van der Waals surface area contributed by atoms with Gasteiger partial charge in [-0.3, -0.25) is 14.6 Å². The Balaban J connectivity index is 1.23. The van der Waals surface area contributed by atoms with Crippen LogP contribution in [0, 0.1) is 5.89 Å². The average Bonchev–Trinajstić information content (AvgIpc) is 3.61. The maximum Gasteiger partial charge on any atom is 0.415 e. The highest BCUT2D eigenvalue weighted by Gasteiger charge is 2.41. The van der Waals surface area contributed by atoms with Gasteiger partial charge in [0.2, 0.25) is 11.8 Å². The number of piperazine rings is 1. The molecule has 3 amide bonds. The topological polar surface area (TPSA) is 104 Å². The predicted octanol–water partition coefficient (Wildman–Crippen LogP) is 5.89. The van der Waals surface area contributed by atoms with Gasteiger partial charge in [-0.1, -0.05) is 63.5 Å². The quantitative estimate of drug-likeness (QED) is 0.305. The Morgan fingerprint density at radius 2 is 1.78 bits per heavy atom. The summed E-state index contributed by atoms with van der Waals surface area (Å²) in [7, 11) is 0. The van der Waals surface area contributed by atoms with Gasteiger partial charge in [-0.15, -0.1) is 11.3 Å². The average molecular weight is 634 g/mol. The van der Waals surface area contributed by atoms with Crippen molar-refractivity contribution in [2.75, 3.05) is 19.6 Å². The molecule has 45 heavy (non-hydrogen) atoms. The Bertz CT molecular complexity index is 1510. The van der Waals surface area contributed by atoms with Crippen LogP contribution in [0.4, 0.5) is 4.79 Å². The Morgan fingerprint density at radius 1 is 0.978 bits per heavy atom. The lowest BCUT2D eigenvalue weighted by Gasteiger charge is -2.42. The Kier molecular flexibility index (Phi) is 9.77. The number of benzene rings is 1. The second kappa shape index (κ2) is 15.2. The molecule has 6 rings (SSSR count). The van der Waals surface area contributed by atoms with Crippen molar-refractivity contribution in [2.24, 2.45) is 5.89 Å². The monoisotopic (exact) mass is 633 g/mol. The molecule has 3 aliphatic rings. The zero-order chi connectivity index (χ0) is 32.9. The SMILES string of the molecule is [2H]C1(C[C@H](NC2([2H])CCCCC2)C(=O)N2CCN(C(=O)Oc3cccc4ncccc34)C[C@H]2C(=O)NCc2cccs2)CCCCC1. The molecule has 3 aromatic rings. The van der Waals surface area contributed by atoms with Crippen LogP contribution in [0.2, 0.25) is 0 Å². The molecule has 2 aromatic heterocycles. The summed E-state index contributed by atoms with van der Waals surface area (Å²) in [5.74, 6) is -1.01. The van der Waals surface area contributed by atoms with Crippen LogP contribution in [0.3, 0.4) is 0 Å². The second-order valence-electron chi connectivity index (χ2n) is 12.4. The van der Waals surface area contributed by atoms with Gasteiger partial charge in [0, 0.05) is 38.3 Å². The van der Waals surface area contributed by atoms with Crippen LogP contribution in [0.25, 0.3) is 10.9 Å². The van der Waals surface area contributed by atoms with Crippen LogP contribution in [0.5, 0.6) is 5.75 Å². The van der Waals surface area contributed by atoms with Crippen molar-refractivity contribution in [3.05, 3.63) is 58.9 Å². The number of fused-ring (bicyclic) bond motifs is 1. The smallest absolute Gasteiger partial charge is 0.409 e. The van der Waals surface area contributed by atoms with Gasteiger partial charge in [-0.05, 0) is 60.9 Å². The third-order valence-corrected chi connectivity index (χ3v) is 10.1. The van der Waals surface area contributed by atoms with E-state index in [9.17, 15) is 17.1 Å². The minimum Gasteiger partial charge on any atom is -0.409 e. The van der Waals surface area contributed by atoms with Crippen LogP contribution in [0.15, 0.2) is 54.0 Å². The lowest BCUT2D eigenvalue weighted by atomic mass is 9.83. The first-order valence-corrected chi connectivity index (χ1v) is 17.3. The molecule has 0 bridgehead atoms. The summed E-state index contributed by atoms with van der Waals surface area (Å²) in [4.78, 5) is 50.3. The molecule has 0 spiro atoms. The van der Waals surface area contributed by atoms with E-state index in [4.69, 9.17) is 4.74 Å². The standard InChI is InChI=1S/C35H45N5O4S/c41-33(37-23-27-14-9-21-45-27)31-24-39(35(43)44-32-17-7-16-29-28(32)15-8-18-36-29)19-20-40(31)34(42)30(22-25-10-3-1-4-11-25)38-26-12-5-2-6-13-26/h7-9,14-18,21,25-26,30-31,38H,1-6,10-13,19-20,22-24H2,(H,37,41)/t30-,31-/m0/s1/i25D,26D. The zero-order valence-corrected chi connectivity index (χ0v) is 26.7. The maximum atomic E-state index is 14.6. The molecule has 240 valence electrons. The van der Waals surface area contributed by atoms with Crippen LogP contribution in [0.1, 0.15) is 78.2 Å². The second-order valence-corrected chi connectivity index (χ2v) is 13.4. The van der Waals surface area contributed by atoms with Gasteiger partial charge in [0.05, 0.1) is 24.6 Å². The molecule has 10 heteroatoms. The first-order chi connectivity index (χ1) is 22.7. The van der Waals surface area contributed by atoms with Crippen LogP contribution < -0.4 is 15.4 Å². The van der Waals surface area contributed by atoms with Gasteiger partial charge < -0.3 is 25.2 Å². The van der Waals surface area contributed by atoms with E-state index >= 15 is 0 Å². The molecule has 2 atom stereocenters. The van der Waals surface area contributed by atoms with E-state index in [1.165, 1.54) is 16.2 Å². The molecule has 3 fully saturated rings. The molecular formula is C35H45N5O4S. The molecule has 1 aromatic carbocycles. The van der Waals surface area contributed by atoms with Gasteiger partial charge >= 0.3 is 6.09 Å². The van der Waals surface area contributed by atoms with E-state index in [1.54, 1.807) is 29.3 Å². The Labute approximate surface area is 272 Å². The number of rotatable bonds is 9. The van der Waals surface area contributed by atoms with Crippen molar-refractivity contribution >= 4 is 40.1 Å². The number of nitrogens with zero attached hydrogens (tertiary/aromatic N) is 3. The van der Waals surface area contributed by atoms with Gasteiger partial charge in [-0.25, -0.2) is 4.79 Å². The number of pyridine rings is 1. The van der Waals surface area contributed by atoms with E-state index in [0.29, 0.717) is 42.5 Å². The number of thiophene rings is 1. The minimum atomic E-state index is -0.955. The summed E-state index contributed by atoms with van der Waals surface area (Å²) < 4.78 is 24.3. The number of nitrogens with one attached hydrogen (secondary N) is 2. The Morgan fingerprint density at radius 3 is 2.56 bits per heavy atom. The van der Waals surface area contributed by atoms with Crippen LogP contribution in [-0.4, -0.2) is 70.4 Å². The summed E-state index contributed by atoms with van der Waals surface area (Å²) >= 11 is 1.53. The van der Waals surface area contributed by atoms with E-state index in [2.05, 4.69) is 15.6 Å². The van der Waals surface area contributed by atoms with Crippen molar-refractivity contribution < 1.29 is 21.9 Å². The number of ether oxygens (including phenoxy) is 1. The summed E-state index contributed by atoms with van der Waals surface area (Å²) in [5.41, 5.74) is 0.702. The minimum absolute atomic E-state index is 0.0331. The highest BCUT2D eigenvalue weighted by molar-refractivity contribution is 7.09. The highest BCUT2D eigenvalue weighted by Crippen LogP contribution is 2.30. The Hall–Kier alpha value is -3.50. The number of hydrogen-bond acceptors (Lipinski definition) is 7. The van der Waals surface area contributed by atoms with Gasteiger partial charge in [0.1, 0.15) is 11.8 Å². The molecule has 1 saturated heterocycles. The molecular weight excluding hydrogens is 586 g/mol. The zero-order valence-electron chi connectivity index (χ0n) is 27.8. The molecule has 2 saturated carbocycles. The van der Waals surface area contributed by atoms with Gasteiger partial charge in [-0.2, -0.15) is 0 Å². The van der Waals surface area contributed by atoms with E-state index < -0.39 is 30.1 Å². The first kappa shape index (κ1) is 28.9. The molecule has 2 N–H and O–H groups in total. The van der Waals surface area contributed by atoms with Crippen LogP contribution in [-0.2, 0) is 16.1 Å². The molecule has 1 aliphatic heterocycles. The van der Waals surface area contributed by atoms with Crippen molar-refractivity contribution in [1.82, 2.24) is 25.4 Å². The summed E-state index contributed by atoms with van der Waals surface area (Å²) in [6.45, 7) is 0.605. The van der Waals surface area contributed by atoms with E-state index in [1.807, 2.05) is 29.6 Å². The first-order valence-electron chi connectivity index (χ1n) is 17.4. The van der Waals surface area contributed by atoms with Crippen molar-refractivity contribution in [3.8, 4) is 5.75 Å². The number of carbonyl (C=O) groups excluding carboxylic acids is 3. The number of amides is 3. The lowest BCUT2D eigenvalue weighted by Crippen LogP contribution is -2.64. The highest BCUT2D eigenvalue weighted by atomic mass is 32.1. The maximum absolute atomic E-state index is 14.6. The molecule has 2 aliphatic carbocycles. The molecule has 3 heterocycles. The molecule has 0 radical (unpaired) electrons. The fraction of sp³-hybridized carbons (Fsp3) is 0.543. The summed E-state index contributed by atoms with van der Waals surface area (Å²) in [6.07, 6.45) is 10.0. The third-order valence-electron chi connectivity index (χ3n) is 9.23. The summed E-state index contributed by atoms with van der Waals surface area (Å²) in [6, 6.07) is 10.1. The number of carbonyl (C=O) groups is 3. The normalized spacial score (nSPS) is 22.6. The fourth-order valence-electron chi connectivity index (χ4n) is 6.78. The lowest BCUT2D eigenvalue weighted by molar-refractivity contribution is -0.145. The predicted molar refractivity (Wildman–Crippen MR) is 176 cm³/mol.